The van der Waals surface area contributed by atoms with Crippen LogP contribution in [0.4, 0.5) is 5.69 Å². The molecular formula is C22H23N3O2. The summed E-state index contributed by atoms with van der Waals surface area (Å²) in [6.45, 7) is 4.94. The first-order valence-corrected chi connectivity index (χ1v) is 9.28. The van der Waals surface area contributed by atoms with Crippen molar-refractivity contribution >= 4 is 28.4 Å². The minimum absolute atomic E-state index is 0.00726. The van der Waals surface area contributed by atoms with E-state index >= 15 is 0 Å². The number of amides is 2. The highest BCUT2D eigenvalue weighted by Gasteiger charge is 2.22. The number of nitrogens with zero attached hydrogens (tertiary/aromatic N) is 1. The van der Waals surface area contributed by atoms with Gasteiger partial charge in [-0.2, -0.15) is 0 Å². The molecule has 0 bridgehead atoms. The maximum atomic E-state index is 13.0. The van der Waals surface area contributed by atoms with E-state index in [1.54, 1.807) is 24.3 Å². The number of hydrogen-bond donors (Lipinski definition) is 2. The summed E-state index contributed by atoms with van der Waals surface area (Å²) in [5.41, 5.74) is 6.24. The van der Waals surface area contributed by atoms with Gasteiger partial charge in [0.05, 0.1) is 0 Å². The molecule has 2 heterocycles. The zero-order valence-corrected chi connectivity index (χ0v) is 15.6. The molecule has 0 saturated heterocycles. The van der Waals surface area contributed by atoms with Gasteiger partial charge < -0.3 is 15.2 Å². The highest BCUT2D eigenvalue weighted by atomic mass is 16.2. The number of hydrogen-bond acceptors (Lipinski definition) is 2. The quantitative estimate of drug-likeness (QED) is 0.731. The molecule has 1 aliphatic heterocycles. The van der Waals surface area contributed by atoms with Gasteiger partial charge in [-0.25, -0.2) is 0 Å². The SMILES string of the molecule is CC(=O)Nc1cccc(C(=O)N2CCc3[nH]c4ccc(C)cc4c3CC2)c1. The van der Waals surface area contributed by atoms with E-state index in [4.69, 9.17) is 0 Å². The molecule has 0 atom stereocenters. The lowest BCUT2D eigenvalue weighted by Gasteiger charge is -2.20. The van der Waals surface area contributed by atoms with Crippen LogP contribution in [0.1, 0.15) is 34.1 Å². The number of carbonyl (C=O) groups is 2. The average molecular weight is 361 g/mol. The smallest absolute Gasteiger partial charge is 0.253 e. The molecule has 2 amide bonds. The Hall–Kier alpha value is -3.08. The lowest BCUT2D eigenvalue weighted by molar-refractivity contribution is -0.114. The Balaban J connectivity index is 1.55. The molecule has 0 fully saturated rings. The highest BCUT2D eigenvalue weighted by Crippen LogP contribution is 2.27. The summed E-state index contributed by atoms with van der Waals surface area (Å²) in [4.78, 5) is 29.7. The van der Waals surface area contributed by atoms with E-state index in [1.807, 2.05) is 4.90 Å². The van der Waals surface area contributed by atoms with E-state index in [9.17, 15) is 9.59 Å². The second kappa shape index (κ2) is 6.91. The van der Waals surface area contributed by atoms with Crippen molar-refractivity contribution in [2.45, 2.75) is 26.7 Å². The first-order valence-electron chi connectivity index (χ1n) is 9.28. The van der Waals surface area contributed by atoms with Crippen LogP contribution in [0.15, 0.2) is 42.5 Å². The molecular weight excluding hydrogens is 338 g/mol. The van der Waals surface area contributed by atoms with Crippen molar-refractivity contribution in [3.8, 4) is 0 Å². The van der Waals surface area contributed by atoms with Crippen molar-refractivity contribution in [2.24, 2.45) is 0 Å². The van der Waals surface area contributed by atoms with Crippen LogP contribution in [0.25, 0.3) is 10.9 Å². The number of fused-ring (bicyclic) bond motifs is 3. The van der Waals surface area contributed by atoms with E-state index in [-0.39, 0.29) is 11.8 Å². The summed E-state index contributed by atoms with van der Waals surface area (Å²) in [5, 5.41) is 4.01. The highest BCUT2D eigenvalue weighted by molar-refractivity contribution is 5.97. The predicted octanol–water partition coefficient (Wildman–Crippen LogP) is 3.68. The second-order valence-corrected chi connectivity index (χ2v) is 7.19. The van der Waals surface area contributed by atoms with E-state index in [0.717, 1.165) is 12.8 Å². The minimum atomic E-state index is -0.143. The van der Waals surface area contributed by atoms with Crippen LogP contribution in [0, 0.1) is 6.92 Å². The Labute approximate surface area is 158 Å². The minimum Gasteiger partial charge on any atom is -0.358 e. The standard InChI is InChI=1S/C22H23N3O2/c1-14-6-7-20-19(12-14)18-8-10-25(11-9-21(18)24-20)22(27)16-4-3-5-17(13-16)23-15(2)26/h3-7,12-13,24H,8-11H2,1-2H3,(H,23,26). The molecule has 3 aromatic rings. The van der Waals surface area contributed by atoms with Gasteiger partial charge in [0.15, 0.2) is 0 Å². The number of nitrogens with one attached hydrogen (secondary N) is 2. The first kappa shape index (κ1) is 17.3. The van der Waals surface area contributed by atoms with Crippen LogP contribution >= 0.6 is 0 Å². The van der Waals surface area contributed by atoms with Gasteiger partial charge >= 0.3 is 0 Å². The van der Waals surface area contributed by atoms with E-state index in [1.165, 1.54) is 34.6 Å². The topological polar surface area (TPSA) is 65.2 Å². The number of carbonyl (C=O) groups excluding carboxylic acids is 2. The van der Waals surface area contributed by atoms with Crippen LogP contribution in [0.3, 0.4) is 0 Å². The van der Waals surface area contributed by atoms with Crippen LogP contribution in [0.2, 0.25) is 0 Å². The molecule has 0 aliphatic carbocycles. The van der Waals surface area contributed by atoms with Crippen LogP contribution < -0.4 is 5.32 Å². The molecule has 4 rings (SSSR count). The monoisotopic (exact) mass is 361 g/mol. The van der Waals surface area contributed by atoms with Gasteiger partial charge in [0.2, 0.25) is 5.91 Å². The Kier molecular flexibility index (Phi) is 4.44. The Morgan fingerprint density at radius 3 is 2.70 bits per heavy atom. The normalized spacial score (nSPS) is 13.9. The molecule has 1 aromatic heterocycles. The molecule has 27 heavy (non-hydrogen) atoms. The van der Waals surface area contributed by atoms with Gasteiger partial charge in [-0.05, 0) is 49.2 Å². The first-order chi connectivity index (χ1) is 13.0. The third-order valence-corrected chi connectivity index (χ3v) is 5.13. The number of aromatic nitrogens is 1. The van der Waals surface area contributed by atoms with E-state index in [0.29, 0.717) is 24.3 Å². The van der Waals surface area contributed by atoms with Crippen LogP contribution in [-0.2, 0) is 17.6 Å². The summed E-state index contributed by atoms with van der Waals surface area (Å²) >= 11 is 0. The van der Waals surface area contributed by atoms with Crippen molar-refractivity contribution in [1.82, 2.24) is 9.88 Å². The molecule has 2 N–H and O–H groups in total. The van der Waals surface area contributed by atoms with E-state index in [2.05, 4.69) is 35.4 Å². The van der Waals surface area contributed by atoms with Gasteiger partial charge in [0, 0.05) is 54.3 Å². The number of rotatable bonds is 2. The molecule has 1 aliphatic rings. The number of anilines is 1. The van der Waals surface area contributed by atoms with Gasteiger partial charge in [-0.1, -0.05) is 17.7 Å². The van der Waals surface area contributed by atoms with E-state index < -0.39 is 0 Å². The van der Waals surface area contributed by atoms with Gasteiger partial charge in [0.1, 0.15) is 0 Å². The van der Waals surface area contributed by atoms with Crippen LogP contribution in [-0.4, -0.2) is 34.8 Å². The largest absolute Gasteiger partial charge is 0.358 e. The summed E-state index contributed by atoms with van der Waals surface area (Å²) < 4.78 is 0. The third-order valence-electron chi connectivity index (χ3n) is 5.13. The maximum Gasteiger partial charge on any atom is 0.253 e. The van der Waals surface area contributed by atoms with Crippen LogP contribution in [0.5, 0.6) is 0 Å². The third kappa shape index (κ3) is 3.45. The van der Waals surface area contributed by atoms with Crippen molar-refractivity contribution in [3.63, 3.8) is 0 Å². The number of aromatic amines is 1. The fourth-order valence-corrected chi connectivity index (χ4v) is 3.84. The van der Waals surface area contributed by atoms with Gasteiger partial charge in [0.25, 0.3) is 5.91 Å². The molecule has 0 spiro atoms. The number of H-pyrrole nitrogens is 1. The number of aryl methyl sites for hydroxylation is 1. The Bertz CT molecular complexity index is 1040. The fourth-order valence-electron chi connectivity index (χ4n) is 3.84. The van der Waals surface area contributed by atoms with Crippen molar-refractivity contribution in [2.75, 3.05) is 18.4 Å². The lowest BCUT2D eigenvalue weighted by Crippen LogP contribution is -2.33. The molecule has 0 radical (unpaired) electrons. The van der Waals surface area contributed by atoms with Gasteiger partial charge in [-0.15, -0.1) is 0 Å². The molecule has 5 nitrogen and oxygen atoms in total. The lowest BCUT2D eigenvalue weighted by atomic mass is 10.1. The molecule has 2 aromatic carbocycles. The average Bonchev–Trinajstić information content (AvgIpc) is 2.84. The van der Waals surface area contributed by atoms with Crippen molar-refractivity contribution < 1.29 is 9.59 Å². The number of benzene rings is 2. The Morgan fingerprint density at radius 2 is 1.89 bits per heavy atom. The summed E-state index contributed by atoms with van der Waals surface area (Å²) in [6, 6.07) is 13.6. The second-order valence-electron chi connectivity index (χ2n) is 7.19. The fraction of sp³-hybridized carbons (Fsp3) is 0.273. The summed E-state index contributed by atoms with van der Waals surface area (Å²) in [5.74, 6) is -0.136. The summed E-state index contributed by atoms with van der Waals surface area (Å²) in [6.07, 6.45) is 1.66. The predicted molar refractivity (Wildman–Crippen MR) is 107 cm³/mol. The van der Waals surface area contributed by atoms with Crippen molar-refractivity contribution in [3.05, 3.63) is 64.8 Å². The molecule has 138 valence electrons. The molecule has 0 unspecified atom stereocenters. The van der Waals surface area contributed by atoms with Gasteiger partial charge in [-0.3, -0.25) is 9.59 Å². The zero-order chi connectivity index (χ0) is 19.0. The Morgan fingerprint density at radius 1 is 1.07 bits per heavy atom. The molecule has 0 saturated carbocycles. The molecule has 5 heteroatoms. The summed E-state index contributed by atoms with van der Waals surface area (Å²) in [7, 11) is 0. The zero-order valence-electron chi connectivity index (χ0n) is 15.6. The maximum absolute atomic E-state index is 13.0. The van der Waals surface area contributed by atoms with Crippen molar-refractivity contribution in [1.29, 1.82) is 0 Å².